The topological polar surface area (TPSA) is 171 Å². The van der Waals surface area contributed by atoms with E-state index in [1.807, 2.05) is 0 Å². The van der Waals surface area contributed by atoms with Crippen LogP contribution in [0, 0.1) is 6.92 Å². The minimum absolute atomic E-state index is 0. The van der Waals surface area contributed by atoms with Crippen molar-refractivity contribution in [1.82, 2.24) is 9.88 Å². The molecule has 1 heterocycles. The van der Waals surface area contributed by atoms with Gasteiger partial charge in [-0.1, -0.05) is 32.2 Å². The van der Waals surface area contributed by atoms with E-state index in [1.54, 1.807) is 25.1 Å². The van der Waals surface area contributed by atoms with Crippen LogP contribution in [0.25, 0.3) is 6.08 Å². The molecule has 13 heteroatoms. The number of carbonyl (C=O) groups excluding carboxylic acids is 1. The van der Waals surface area contributed by atoms with Gasteiger partial charge < -0.3 is 26.2 Å². The maximum absolute atomic E-state index is 12.8. The minimum atomic E-state index is -3.99. The normalized spacial score (nSPS) is 10.3. The number of nitrogens with two attached hydrogens (primary N) is 2. The molecule has 182 valence electrons. The Balaban J connectivity index is 0.00000353. The molecule has 33 heavy (non-hydrogen) atoms. The zero-order chi connectivity index (χ0) is 25.0. The van der Waals surface area contributed by atoms with E-state index in [2.05, 4.69) is 23.2 Å². The number of halogens is 1. The summed E-state index contributed by atoms with van der Waals surface area (Å²) in [5.74, 6) is -0.719. The fourth-order valence-corrected chi connectivity index (χ4v) is 3.54. The Kier molecular flexibility index (Phi) is 10.6. The lowest BCUT2D eigenvalue weighted by molar-refractivity contribution is -0.122. The van der Waals surface area contributed by atoms with Gasteiger partial charge in [-0.15, -0.1) is 0 Å². The quantitative estimate of drug-likeness (QED) is 0.166. The van der Waals surface area contributed by atoms with Gasteiger partial charge >= 0.3 is 0 Å². The van der Waals surface area contributed by atoms with E-state index in [0.717, 1.165) is 10.1 Å². The van der Waals surface area contributed by atoms with Gasteiger partial charge in [-0.05, 0) is 41.9 Å². The SMILES string of the molecule is C.C=Cc1ccc(S(=O)(=O)Nc2ccc(C)n(CC(=O)NCCON=C(N)N)c2=O)cc1.[3H]F. The first-order valence-corrected chi connectivity index (χ1v) is 10.6. The molecule has 0 aliphatic heterocycles. The van der Waals surface area contributed by atoms with Crippen molar-refractivity contribution in [3.8, 4) is 0 Å². The molecule has 1 aromatic heterocycles. The fraction of sp³-hybridized carbons (Fsp3) is 0.250. The van der Waals surface area contributed by atoms with Crippen molar-refractivity contribution >= 4 is 33.7 Å². The van der Waals surface area contributed by atoms with Crippen LogP contribution in [0.3, 0.4) is 0 Å². The first kappa shape index (κ1) is 27.2. The number of sulfonamides is 1. The molecule has 2 rings (SSSR count). The first-order valence-electron chi connectivity index (χ1n) is 9.45. The van der Waals surface area contributed by atoms with Crippen molar-refractivity contribution in [2.45, 2.75) is 25.8 Å². The summed E-state index contributed by atoms with van der Waals surface area (Å²) < 4.78 is 41.7. The minimum Gasteiger partial charge on any atom is -0.391 e. The number of benzene rings is 1. The molecule has 1 amide bonds. The molecule has 0 spiro atoms. The van der Waals surface area contributed by atoms with E-state index in [-0.39, 0.29) is 43.7 Å². The van der Waals surface area contributed by atoms with Gasteiger partial charge in [0.05, 0.1) is 11.4 Å². The lowest BCUT2D eigenvalue weighted by Crippen LogP contribution is -2.36. The maximum atomic E-state index is 12.8. The largest absolute Gasteiger partial charge is 0.391 e. The molecular weight excluding hydrogens is 455 g/mol. The van der Waals surface area contributed by atoms with Crippen LogP contribution in [0.5, 0.6) is 0 Å². The Morgan fingerprint density at radius 2 is 1.91 bits per heavy atom. The van der Waals surface area contributed by atoms with E-state index in [1.165, 1.54) is 24.3 Å². The summed E-state index contributed by atoms with van der Waals surface area (Å²) in [5, 5.41) is 5.85. The van der Waals surface area contributed by atoms with Crippen molar-refractivity contribution in [1.29, 1.82) is 1.45 Å². The highest BCUT2D eigenvalue weighted by Crippen LogP contribution is 2.15. The fourth-order valence-electron chi connectivity index (χ4n) is 2.49. The summed E-state index contributed by atoms with van der Waals surface area (Å²) in [6.07, 6.45) is 1.58. The number of carbonyl (C=O) groups is 1. The number of aryl methyl sites for hydroxylation is 1. The van der Waals surface area contributed by atoms with Gasteiger partial charge in [-0.3, -0.25) is 19.0 Å². The number of oxime groups is 1. The summed E-state index contributed by atoms with van der Waals surface area (Å²) in [7, 11) is -3.99. The average molecular weight is 487 g/mol. The van der Waals surface area contributed by atoms with E-state index in [9.17, 15) is 18.0 Å². The molecule has 0 aliphatic carbocycles. The number of nitrogens with zero attached hydrogens (tertiary/aromatic N) is 2. The number of hydrogen-bond acceptors (Lipinski definition) is 6. The lowest BCUT2D eigenvalue weighted by atomic mass is 10.2. The maximum Gasteiger partial charge on any atom is 0.275 e. The predicted octanol–water partition coefficient (Wildman–Crippen LogP) is 0.710. The van der Waals surface area contributed by atoms with Crippen molar-refractivity contribution < 1.29 is 22.8 Å². The van der Waals surface area contributed by atoms with Gasteiger partial charge in [-0.25, -0.2) is 8.42 Å². The van der Waals surface area contributed by atoms with Crippen LogP contribution in [-0.4, -0.2) is 39.5 Å². The van der Waals surface area contributed by atoms with Crippen LogP contribution >= 0.6 is 0 Å². The summed E-state index contributed by atoms with van der Waals surface area (Å²) in [6, 6.07) is 8.89. The molecule has 11 nitrogen and oxygen atoms in total. The molecular formula is C20H29FN6O5S. The predicted molar refractivity (Wildman–Crippen MR) is 127 cm³/mol. The second-order valence-electron chi connectivity index (χ2n) is 6.36. The molecule has 0 bridgehead atoms. The van der Waals surface area contributed by atoms with Crippen molar-refractivity contribution in [2.75, 3.05) is 17.9 Å². The molecule has 0 fully saturated rings. The third-order valence-corrected chi connectivity index (χ3v) is 5.43. The van der Waals surface area contributed by atoms with E-state index in [0.29, 0.717) is 5.69 Å². The van der Waals surface area contributed by atoms with Crippen molar-refractivity contribution in [3.05, 3.63) is 64.6 Å². The highest BCUT2D eigenvalue weighted by Gasteiger charge is 2.18. The number of rotatable bonds is 10. The van der Waals surface area contributed by atoms with Gasteiger partial charge in [0.15, 0.2) is 0 Å². The van der Waals surface area contributed by atoms with Crippen LogP contribution < -0.4 is 27.1 Å². The zero-order valence-corrected chi connectivity index (χ0v) is 18.1. The van der Waals surface area contributed by atoms with E-state index < -0.39 is 21.5 Å². The van der Waals surface area contributed by atoms with Gasteiger partial charge in [0.1, 0.15) is 18.8 Å². The number of aromatic nitrogens is 1. The second kappa shape index (κ2) is 12.9. The first-order chi connectivity index (χ1) is 15.6. The van der Waals surface area contributed by atoms with Gasteiger partial charge in [0.25, 0.3) is 17.0 Å². The molecule has 0 aliphatic rings. The van der Waals surface area contributed by atoms with E-state index in [4.69, 9.17) is 21.0 Å². The third kappa shape index (κ3) is 8.29. The van der Waals surface area contributed by atoms with Crippen molar-refractivity contribution in [3.63, 3.8) is 0 Å². The third-order valence-electron chi connectivity index (χ3n) is 4.05. The van der Waals surface area contributed by atoms with Crippen molar-refractivity contribution in [2.24, 2.45) is 16.6 Å². The number of anilines is 1. The molecule has 1 aromatic carbocycles. The Hall–Kier alpha value is -3.87. The molecule has 0 saturated carbocycles. The van der Waals surface area contributed by atoms with Gasteiger partial charge in [-0.2, -0.15) is 0 Å². The smallest absolute Gasteiger partial charge is 0.275 e. The van der Waals surface area contributed by atoms with Crippen LogP contribution in [-0.2, 0) is 26.2 Å². The number of hydrogen-bond donors (Lipinski definition) is 4. The van der Waals surface area contributed by atoms with Crippen LogP contribution in [0.4, 0.5) is 10.4 Å². The monoisotopic (exact) mass is 486 g/mol. The molecule has 0 radical (unpaired) electrons. The molecule has 2 aromatic rings. The zero-order valence-electron chi connectivity index (χ0n) is 18.2. The summed E-state index contributed by atoms with van der Waals surface area (Å²) in [6.45, 7) is 5.07. The lowest BCUT2D eigenvalue weighted by Gasteiger charge is -2.13. The van der Waals surface area contributed by atoms with Crippen LogP contribution in [0.1, 0.15) is 18.7 Å². The Labute approximate surface area is 193 Å². The number of pyridine rings is 1. The van der Waals surface area contributed by atoms with Crippen LogP contribution in [0.2, 0.25) is 0 Å². The Morgan fingerprint density at radius 1 is 1.27 bits per heavy atom. The average Bonchev–Trinajstić information content (AvgIpc) is 2.79. The molecule has 0 saturated heterocycles. The Bertz CT molecular complexity index is 1150. The number of amides is 1. The van der Waals surface area contributed by atoms with Gasteiger partial charge in [0, 0.05) is 5.69 Å². The van der Waals surface area contributed by atoms with E-state index >= 15 is 0 Å². The standard InChI is InChI=1S/C19H24N6O5S.CH4.FH/c1-3-14-5-7-15(8-6-14)31(28,29)24-16-9-4-13(2)25(18(16)27)12-17(26)22-10-11-30-23-19(20)21;;/h3-9,24H,1,10-12H2,2H3,(H,22,26)(H4,20,21,23);1H4;1H/i/hT. The summed E-state index contributed by atoms with van der Waals surface area (Å²) in [5.41, 5.74) is 10.6. The summed E-state index contributed by atoms with van der Waals surface area (Å²) in [4.78, 5) is 29.6. The summed E-state index contributed by atoms with van der Waals surface area (Å²) >= 11 is 0. The molecule has 6 N–H and O–H groups in total. The number of guanidine groups is 1. The highest BCUT2D eigenvalue weighted by atomic mass is 32.2. The second-order valence-corrected chi connectivity index (χ2v) is 8.04. The van der Waals surface area contributed by atoms with Gasteiger partial charge in [0.2, 0.25) is 11.9 Å². The van der Waals surface area contributed by atoms with Crippen LogP contribution in [0.15, 0.2) is 57.8 Å². The highest BCUT2D eigenvalue weighted by molar-refractivity contribution is 7.92. The number of nitrogens with one attached hydrogen (secondary N) is 2. The Morgan fingerprint density at radius 3 is 2.48 bits per heavy atom. The molecule has 0 atom stereocenters. The molecule has 0 unspecified atom stereocenters.